The zero-order chi connectivity index (χ0) is 15.8. The van der Waals surface area contributed by atoms with E-state index < -0.39 is 0 Å². The third-order valence-corrected chi connectivity index (χ3v) is 4.69. The Balaban J connectivity index is 1.76. The summed E-state index contributed by atoms with van der Waals surface area (Å²) < 4.78 is 8.47. The van der Waals surface area contributed by atoms with Crippen LogP contribution in [0.3, 0.4) is 0 Å². The Morgan fingerprint density at radius 2 is 2.35 bits per heavy atom. The van der Waals surface area contributed by atoms with E-state index in [1.807, 2.05) is 0 Å². The average molecular weight is 329 g/mol. The van der Waals surface area contributed by atoms with Crippen LogP contribution in [0.25, 0.3) is 21.9 Å². The molecular weight excluding hydrogens is 310 g/mol. The van der Waals surface area contributed by atoms with Gasteiger partial charge in [0.1, 0.15) is 12.1 Å². The van der Waals surface area contributed by atoms with Crippen molar-refractivity contribution in [2.45, 2.75) is 32.4 Å². The highest BCUT2D eigenvalue weighted by Gasteiger charge is 2.16. The maximum Gasteiger partial charge on any atom is 0.178 e. The van der Waals surface area contributed by atoms with Gasteiger partial charge in [0, 0.05) is 25.1 Å². The Kier molecular flexibility index (Phi) is 3.74. The zero-order valence-electron chi connectivity index (χ0n) is 13.0. The van der Waals surface area contributed by atoms with Crippen LogP contribution < -0.4 is 5.32 Å². The number of hydrogen-bond donors (Lipinski definition) is 2. The molecule has 1 aliphatic rings. The van der Waals surface area contributed by atoms with Crippen LogP contribution in [0.4, 0.5) is 5.82 Å². The summed E-state index contributed by atoms with van der Waals surface area (Å²) in [4.78, 5) is 12.1. The number of ether oxygens (including phenoxy) is 1. The van der Waals surface area contributed by atoms with E-state index in [0.29, 0.717) is 0 Å². The van der Waals surface area contributed by atoms with Gasteiger partial charge >= 0.3 is 0 Å². The number of aryl methyl sites for hydroxylation is 1. The molecule has 0 saturated carbocycles. The molecule has 120 valence electrons. The predicted molar refractivity (Wildman–Crippen MR) is 93.4 cm³/mol. The first-order valence-electron chi connectivity index (χ1n) is 7.99. The van der Waals surface area contributed by atoms with Crippen molar-refractivity contribution in [2.24, 2.45) is 0 Å². The predicted octanol–water partition coefficient (Wildman–Crippen LogP) is 3.25. The Hall–Kier alpha value is -1.99. The number of nitrogens with zero attached hydrogens (tertiary/aromatic N) is 3. The van der Waals surface area contributed by atoms with Crippen LogP contribution in [0.5, 0.6) is 0 Å². The summed E-state index contributed by atoms with van der Waals surface area (Å²) in [5, 5.41) is 4.40. The van der Waals surface area contributed by atoms with Gasteiger partial charge < -0.3 is 19.6 Å². The molecule has 0 amide bonds. The lowest BCUT2D eigenvalue weighted by molar-refractivity contribution is 0.120. The normalized spacial score (nSPS) is 18.0. The van der Waals surface area contributed by atoms with E-state index in [1.165, 1.54) is 0 Å². The molecule has 3 heterocycles. The first-order valence-corrected chi connectivity index (χ1v) is 8.40. The fraction of sp³-hybridized carbons (Fsp3) is 0.438. The van der Waals surface area contributed by atoms with Gasteiger partial charge in [-0.2, -0.15) is 0 Å². The first-order chi connectivity index (χ1) is 11.3. The molecule has 3 aromatic rings. The molecule has 23 heavy (non-hydrogen) atoms. The number of rotatable bonds is 4. The zero-order valence-corrected chi connectivity index (χ0v) is 13.8. The SMILES string of the molecule is CCn1c(=S)[nH]c2cc3c(NCC4CCCO4)ncnc3cc21. The van der Waals surface area contributed by atoms with Crippen molar-refractivity contribution in [1.29, 1.82) is 0 Å². The number of fused-ring (bicyclic) bond motifs is 2. The largest absolute Gasteiger partial charge is 0.376 e. The molecule has 0 aliphatic carbocycles. The van der Waals surface area contributed by atoms with Crippen LogP contribution in [0.15, 0.2) is 18.5 Å². The smallest absolute Gasteiger partial charge is 0.178 e. The van der Waals surface area contributed by atoms with Gasteiger partial charge in [0.15, 0.2) is 4.77 Å². The summed E-state index contributed by atoms with van der Waals surface area (Å²) in [6.07, 6.45) is 4.12. The van der Waals surface area contributed by atoms with E-state index >= 15 is 0 Å². The van der Waals surface area contributed by atoms with Crippen molar-refractivity contribution in [3.05, 3.63) is 23.2 Å². The van der Waals surface area contributed by atoms with Crippen molar-refractivity contribution in [1.82, 2.24) is 19.5 Å². The molecule has 1 fully saturated rings. The maximum atomic E-state index is 5.66. The van der Waals surface area contributed by atoms with Gasteiger partial charge in [0.05, 0.1) is 22.7 Å². The van der Waals surface area contributed by atoms with Crippen LogP contribution in [0, 0.1) is 4.77 Å². The highest BCUT2D eigenvalue weighted by Crippen LogP contribution is 2.26. The Morgan fingerprint density at radius 1 is 1.43 bits per heavy atom. The van der Waals surface area contributed by atoms with Crippen molar-refractivity contribution in [3.8, 4) is 0 Å². The van der Waals surface area contributed by atoms with E-state index in [9.17, 15) is 0 Å². The van der Waals surface area contributed by atoms with Crippen LogP contribution in [-0.4, -0.2) is 38.8 Å². The average Bonchev–Trinajstić information content (AvgIpc) is 3.17. The molecule has 1 saturated heterocycles. The molecule has 6 nitrogen and oxygen atoms in total. The number of H-pyrrole nitrogens is 1. The molecule has 0 spiro atoms. The van der Waals surface area contributed by atoms with Gasteiger partial charge in [0.25, 0.3) is 0 Å². The second-order valence-electron chi connectivity index (χ2n) is 5.80. The quantitative estimate of drug-likeness (QED) is 0.719. The minimum Gasteiger partial charge on any atom is -0.376 e. The summed E-state index contributed by atoms with van der Waals surface area (Å²) in [7, 11) is 0. The molecule has 4 rings (SSSR count). The molecule has 2 N–H and O–H groups in total. The number of nitrogens with one attached hydrogen (secondary N) is 2. The third kappa shape index (κ3) is 2.60. The fourth-order valence-electron chi connectivity index (χ4n) is 3.18. The highest BCUT2D eigenvalue weighted by atomic mass is 32.1. The number of hydrogen-bond acceptors (Lipinski definition) is 5. The Labute approximate surface area is 138 Å². The van der Waals surface area contributed by atoms with Crippen LogP contribution >= 0.6 is 12.2 Å². The summed E-state index contributed by atoms with van der Waals surface area (Å²) in [5.74, 6) is 0.843. The van der Waals surface area contributed by atoms with Gasteiger partial charge in [-0.05, 0) is 44.1 Å². The van der Waals surface area contributed by atoms with E-state index in [2.05, 4.69) is 43.9 Å². The van der Waals surface area contributed by atoms with Crippen LogP contribution in [0.1, 0.15) is 19.8 Å². The number of imidazole rings is 1. The highest BCUT2D eigenvalue weighted by molar-refractivity contribution is 7.71. The summed E-state index contributed by atoms with van der Waals surface area (Å²) in [6.45, 7) is 4.55. The standard InChI is InChI=1S/C16H19N5OS/c1-2-21-14-7-12-11(6-13(14)20-16(21)23)15(19-9-18-12)17-8-10-4-3-5-22-10/h6-7,9-10H,2-5,8H2,1H3,(H,20,23)(H,17,18,19). The molecule has 1 atom stereocenters. The molecule has 1 aromatic carbocycles. The Morgan fingerprint density at radius 3 is 3.13 bits per heavy atom. The maximum absolute atomic E-state index is 5.66. The molecule has 1 unspecified atom stereocenters. The van der Waals surface area contributed by atoms with Gasteiger partial charge in [0.2, 0.25) is 0 Å². The molecule has 0 radical (unpaired) electrons. The second-order valence-corrected chi connectivity index (χ2v) is 6.19. The van der Waals surface area contributed by atoms with Crippen molar-refractivity contribution in [2.75, 3.05) is 18.5 Å². The van der Waals surface area contributed by atoms with E-state index in [4.69, 9.17) is 17.0 Å². The second kappa shape index (κ2) is 5.90. The minimum absolute atomic E-state index is 0.274. The Bertz CT molecular complexity index is 910. The summed E-state index contributed by atoms with van der Waals surface area (Å²) >= 11 is 5.39. The van der Waals surface area contributed by atoms with Crippen LogP contribution in [-0.2, 0) is 11.3 Å². The van der Waals surface area contributed by atoms with Gasteiger partial charge in [-0.15, -0.1) is 0 Å². The number of aromatic amines is 1. The lowest BCUT2D eigenvalue weighted by atomic mass is 10.2. The number of aromatic nitrogens is 4. The van der Waals surface area contributed by atoms with E-state index in [1.54, 1.807) is 6.33 Å². The van der Waals surface area contributed by atoms with E-state index in [0.717, 1.165) is 65.1 Å². The lowest BCUT2D eigenvalue weighted by Crippen LogP contribution is -2.19. The topological polar surface area (TPSA) is 67.8 Å². The first kappa shape index (κ1) is 14.6. The third-order valence-electron chi connectivity index (χ3n) is 4.37. The van der Waals surface area contributed by atoms with Gasteiger partial charge in [-0.25, -0.2) is 9.97 Å². The van der Waals surface area contributed by atoms with Crippen molar-refractivity contribution < 1.29 is 4.74 Å². The number of benzene rings is 1. The van der Waals surface area contributed by atoms with Crippen molar-refractivity contribution >= 4 is 40.0 Å². The lowest BCUT2D eigenvalue weighted by Gasteiger charge is -2.12. The molecule has 0 bridgehead atoms. The molecule has 7 heteroatoms. The fourth-order valence-corrected chi connectivity index (χ4v) is 3.52. The molecular formula is C16H19N5OS. The van der Waals surface area contributed by atoms with Crippen LogP contribution in [0.2, 0.25) is 0 Å². The summed E-state index contributed by atoms with van der Waals surface area (Å²) in [5.41, 5.74) is 3.01. The monoisotopic (exact) mass is 329 g/mol. The molecule has 1 aliphatic heterocycles. The molecule has 2 aromatic heterocycles. The van der Waals surface area contributed by atoms with Crippen molar-refractivity contribution in [3.63, 3.8) is 0 Å². The van der Waals surface area contributed by atoms with Gasteiger partial charge in [-0.1, -0.05) is 0 Å². The van der Waals surface area contributed by atoms with Gasteiger partial charge in [-0.3, -0.25) is 0 Å². The van der Waals surface area contributed by atoms with E-state index in [-0.39, 0.29) is 6.10 Å². The minimum atomic E-state index is 0.274. The summed E-state index contributed by atoms with van der Waals surface area (Å²) in [6, 6.07) is 4.14. The number of anilines is 1.